The van der Waals surface area contributed by atoms with E-state index in [-0.39, 0.29) is 17.7 Å². The van der Waals surface area contributed by atoms with Gasteiger partial charge in [-0.05, 0) is 12.1 Å². The van der Waals surface area contributed by atoms with Gasteiger partial charge in [0.25, 0.3) is 0 Å². The highest BCUT2D eigenvalue weighted by Crippen LogP contribution is 2.09. The third kappa shape index (κ3) is 1.88. The molecular formula is C11H10N2O3. The number of benzene rings is 1. The highest BCUT2D eigenvalue weighted by Gasteiger charge is 2.04. The lowest BCUT2D eigenvalue weighted by molar-refractivity contribution is -0.134. The van der Waals surface area contributed by atoms with E-state index in [1.165, 1.54) is 6.20 Å². The first-order valence-corrected chi connectivity index (χ1v) is 4.74. The van der Waals surface area contributed by atoms with E-state index >= 15 is 0 Å². The van der Waals surface area contributed by atoms with Crippen molar-refractivity contribution < 1.29 is 9.90 Å². The lowest BCUT2D eigenvalue weighted by atomic mass is 10.2. The van der Waals surface area contributed by atoms with Crippen molar-refractivity contribution in [3.8, 4) is 0 Å². The van der Waals surface area contributed by atoms with Crippen molar-refractivity contribution in [3.05, 3.63) is 40.7 Å². The number of aliphatic carboxylic acids is 1. The summed E-state index contributed by atoms with van der Waals surface area (Å²) < 4.78 is 0. The number of aromatic amines is 1. The predicted molar refractivity (Wildman–Crippen MR) is 60.7 cm³/mol. The molecule has 1 aromatic carbocycles. The third-order valence-electron chi connectivity index (χ3n) is 2.22. The summed E-state index contributed by atoms with van der Waals surface area (Å²) in [7, 11) is 0. The van der Waals surface area contributed by atoms with Crippen LogP contribution in [0.3, 0.4) is 0 Å². The van der Waals surface area contributed by atoms with Gasteiger partial charge in [-0.1, -0.05) is 12.1 Å². The van der Waals surface area contributed by atoms with Crippen molar-refractivity contribution in [3.63, 3.8) is 0 Å². The minimum absolute atomic E-state index is 0.199. The Morgan fingerprint density at radius 1 is 1.38 bits per heavy atom. The Balaban J connectivity index is 2.45. The van der Waals surface area contributed by atoms with Crippen LogP contribution in [0.4, 0.5) is 5.69 Å². The number of rotatable bonds is 3. The first-order chi connectivity index (χ1) is 7.68. The van der Waals surface area contributed by atoms with Gasteiger partial charge in [0.2, 0.25) is 5.43 Å². The normalized spacial score (nSPS) is 10.2. The molecule has 0 aliphatic carbocycles. The molecule has 0 aliphatic rings. The lowest BCUT2D eigenvalue weighted by Gasteiger charge is -2.04. The molecule has 5 nitrogen and oxygen atoms in total. The third-order valence-corrected chi connectivity index (χ3v) is 2.22. The zero-order valence-electron chi connectivity index (χ0n) is 8.36. The largest absolute Gasteiger partial charge is 0.480 e. The van der Waals surface area contributed by atoms with E-state index in [0.29, 0.717) is 5.39 Å². The molecule has 0 saturated heterocycles. The molecule has 0 radical (unpaired) electrons. The number of carboxylic acids is 1. The molecule has 2 rings (SSSR count). The fourth-order valence-electron chi connectivity index (χ4n) is 1.47. The van der Waals surface area contributed by atoms with Crippen LogP contribution < -0.4 is 10.7 Å². The van der Waals surface area contributed by atoms with E-state index in [0.717, 1.165) is 5.52 Å². The van der Waals surface area contributed by atoms with Gasteiger partial charge in [0, 0.05) is 17.1 Å². The average Bonchev–Trinajstić information content (AvgIpc) is 2.28. The molecule has 5 heteroatoms. The maximum Gasteiger partial charge on any atom is 0.322 e. The Labute approximate surface area is 90.7 Å². The van der Waals surface area contributed by atoms with E-state index < -0.39 is 5.97 Å². The number of anilines is 1. The first kappa shape index (κ1) is 10.2. The number of carboxylic acid groups (broad SMARTS) is 1. The average molecular weight is 218 g/mol. The number of para-hydroxylation sites is 1. The van der Waals surface area contributed by atoms with Crippen molar-refractivity contribution in [2.24, 2.45) is 0 Å². The zero-order valence-corrected chi connectivity index (χ0v) is 8.36. The van der Waals surface area contributed by atoms with Crippen LogP contribution in [0, 0.1) is 0 Å². The molecule has 0 amide bonds. The smallest absolute Gasteiger partial charge is 0.322 e. The van der Waals surface area contributed by atoms with Gasteiger partial charge >= 0.3 is 5.97 Å². The van der Waals surface area contributed by atoms with Crippen molar-refractivity contribution in [1.82, 2.24) is 4.98 Å². The summed E-state index contributed by atoms with van der Waals surface area (Å²) in [5.74, 6) is -1.01. The SMILES string of the molecule is O=C(O)CNc1c[nH]c2ccccc2c1=O. The van der Waals surface area contributed by atoms with Gasteiger partial charge in [-0.2, -0.15) is 0 Å². The van der Waals surface area contributed by atoms with Gasteiger partial charge in [-0.25, -0.2) is 0 Å². The van der Waals surface area contributed by atoms with Crippen LogP contribution in [-0.4, -0.2) is 22.6 Å². The van der Waals surface area contributed by atoms with Crippen LogP contribution >= 0.6 is 0 Å². The molecule has 1 aromatic heterocycles. The van der Waals surface area contributed by atoms with Crippen molar-refractivity contribution in [2.75, 3.05) is 11.9 Å². The second kappa shape index (κ2) is 4.06. The summed E-state index contributed by atoms with van der Waals surface area (Å²) in [5, 5.41) is 11.6. The number of hydrogen-bond acceptors (Lipinski definition) is 3. The van der Waals surface area contributed by atoms with E-state index in [4.69, 9.17) is 5.11 Å². The highest BCUT2D eigenvalue weighted by molar-refractivity contribution is 5.82. The Morgan fingerprint density at radius 3 is 2.88 bits per heavy atom. The molecule has 0 atom stereocenters. The maximum atomic E-state index is 11.9. The first-order valence-electron chi connectivity index (χ1n) is 4.74. The maximum absolute atomic E-state index is 11.9. The molecule has 0 saturated carbocycles. The van der Waals surface area contributed by atoms with Gasteiger partial charge < -0.3 is 15.4 Å². The molecule has 0 aliphatic heterocycles. The Kier molecular flexibility index (Phi) is 2.59. The topological polar surface area (TPSA) is 82.2 Å². The minimum Gasteiger partial charge on any atom is -0.480 e. The summed E-state index contributed by atoms with van der Waals surface area (Å²) in [6.07, 6.45) is 1.48. The molecule has 0 unspecified atom stereocenters. The molecule has 1 heterocycles. The number of H-pyrrole nitrogens is 1. The molecular weight excluding hydrogens is 208 g/mol. The van der Waals surface area contributed by atoms with Crippen molar-refractivity contribution >= 4 is 22.6 Å². The fraction of sp³-hybridized carbons (Fsp3) is 0.0909. The summed E-state index contributed by atoms with van der Waals surface area (Å²) in [6.45, 7) is -0.276. The minimum atomic E-state index is -1.01. The molecule has 16 heavy (non-hydrogen) atoms. The summed E-state index contributed by atoms with van der Waals surface area (Å²) in [4.78, 5) is 25.2. The number of pyridine rings is 1. The zero-order chi connectivity index (χ0) is 11.5. The van der Waals surface area contributed by atoms with Crippen LogP contribution in [0.2, 0.25) is 0 Å². The quantitative estimate of drug-likeness (QED) is 0.718. The predicted octanol–water partition coefficient (Wildman–Crippen LogP) is 1.02. The monoisotopic (exact) mass is 218 g/mol. The van der Waals surface area contributed by atoms with E-state index in [9.17, 15) is 9.59 Å². The molecule has 82 valence electrons. The second-order valence-electron chi connectivity index (χ2n) is 3.32. The Bertz CT molecular complexity index is 589. The molecule has 0 spiro atoms. The number of nitrogens with one attached hydrogen (secondary N) is 2. The van der Waals surface area contributed by atoms with Crippen molar-refractivity contribution in [1.29, 1.82) is 0 Å². The molecule has 0 bridgehead atoms. The van der Waals surface area contributed by atoms with Crippen LogP contribution in [0.1, 0.15) is 0 Å². The second-order valence-corrected chi connectivity index (χ2v) is 3.32. The number of hydrogen-bond donors (Lipinski definition) is 3. The molecule has 2 aromatic rings. The van der Waals surface area contributed by atoms with E-state index in [1.807, 2.05) is 6.07 Å². The number of fused-ring (bicyclic) bond motifs is 1. The van der Waals surface area contributed by atoms with Gasteiger partial charge in [0.05, 0.1) is 5.69 Å². The van der Waals surface area contributed by atoms with Crippen LogP contribution in [-0.2, 0) is 4.79 Å². The van der Waals surface area contributed by atoms with Crippen LogP contribution in [0.5, 0.6) is 0 Å². The number of aromatic nitrogens is 1. The summed E-state index contributed by atoms with van der Waals surface area (Å²) in [5.41, 5.74) is 0.796. The Hall–Kier alpha value is -2.30. The molecule has 0 fully saturated rings. The van der Waals surface area contributed by atoms with Gasteiger partial charge in [-0.15, -0.1) is 0 Å². The summed E-state index contributed by atoms with van der Waals surface area (Å²) >= 11 is 0. The highest BCUT2D eigenvalue weighted by atomic mass is 16.4. The fourth-order valence-corrected chi connectivity index (χ4v) is 1.47. The van der Waals surface area contributed by atoms with Gasteiger partial charge in [-0.3, -0.25) is 9.59 Å². The molecule has 3 N–H and O–H groups in total. The number of carbonyl (C=O) groups is 1. The lowest BCUT2D eigenvalue weighted by Crippen LogP contribution is -2.18. The van der Waals surface area contributed by atoms with Crippen LogP contribution in [0.25, 0.3) is 10.9 Å². The van der Waals surface area contributed by atoms with E-state index in [1.54, 1.807) is 18.2 Å². The van der Waals surface area contributed by atoms with E-state index in [2.05, 4.69) is 10.3 Å². The van der Waals surface area contributed by atoms with Gasteiger partial charge in [0.1, 0.15) is 6.54 Å². The standard InChI is InChI=1S/C11H10N2O3/c14-10(15)6-13-9-5-12-8-4-2-1-3-7(8)11(9)16/h1-5,13H,6H2,(H,12,16)(H,14,15). The van der Waals surface area contributed by atoms with Crippen molar-refractivity contribution in [2.45, 2.75) is 0 Å². The van der Waals surface area contributed by atoms with Crippen LogP contribution in [0.15, 0.2) is 35.3 Å². The summed E-state index contributed by atoms with van der Waals surface area (Å²) in [6, 6.07) is 7.07. The van der Waals surface area contributed by atoms with Gasteiger partial charge in [0.15, 0.2) is 0 Å². The Morgan fingerprint density at radius 2 is 2.12 bits per heavy atom.